The van der Waals surface area contributed by atoms with Gasteiger partial charge in [0.2, 0.25) is 11.8 Å². The number of hydrogen-bond donors (Lipinski definition) is 2. The van der Waals surface area contributed by atoms with E-state index in [4.69, 9.17) is 9.52 Å². The molecule has 4 rings (SSSR count). The zero-order valence-corrected chi connectivity index (χ0v) is 21.1. The van der Waals surface area contributed by atoms with E-state index >= 15 is 0 Å². The summed E-state index contributed by atoms with van der Waals surface area (Å²) in [7, 11) is -3.12. The predicted octanol–water partition coefficient (Wildman–Crippen LogP) is 5.78. The van der Waals surface area contributed by atoms with Crippen LogP contribution in [0.1, 0.15) is 52.5 Å². The van der Waals surface area contributed by atoms with Gasteiger partial charge in [-0.2, -0.15) is 22.5 Å². The highest BCUT2D eigenvalue weighted by Crippen LogP contribution is 2.49. The van der Waals surface area contributed by atoms with Gasteiger partial charge in [-0.3, -0.25) is 4.79 Å². The summed E-state index contributed by atoms with van der Waals surface area (Å²) in [5, 5.41) is 9.10. The van der Waals surface area contributed by atoms with Gasteiger partial charge in [-0.25, -0.2) is 8.99 Å². The summed E-state index contributed by atoms with van der Waals surface area (Å²) in [4.78, 5) is 17.1. The molecule has 1 amide bonds. The fourth-order valence-electron chi connectivity index (χ4n) is 3.77. The molecule has 0 radical (unpaired) electrons. The van der Waals surface area contributed by atoms with Gasteiger partial charge in [-0.05, 0) is 61.9 Å². The standard InChI is InChI=1S/C24H23F4N5O3S/c1-12-10-16(23(3)8-9-23)19(25)31-21(12)36-22-17(13(2)18(32-33-22)24(26,27)28)20(34)30-14-6-5-7-15(11-14)37(4,29)35/h5-7,10-11,29H,8-9H2,1-4H3,(H,30,34). The van der Waals surface area contributed by atoms with Crippen molar-refractivity contribution >= 4 is 21.3 Å². The Labute approximate surface area is 210 Å². The van der Waals surface area contributed by atoms with Crippen molar-refractivity contribution in [3.8, 4) is 11.8 Å². The van der Waals surface area contributed by atoms with E-state index in [-0.39, 0.29) is 21.9 Å². The van der Waals surface area contributed by atoms with Crippen LogP contribution in [-0.2, 0) is 21.3 Å². The molecule has 0 spiro atoms. The Bertz CT molecular complexity index is 1520. The fourth-order valence-corrected chi connectivity index (χ4v) is 4.46. The lowest BCUT2D eigenvalue weighted by Gasteiger charge is -2.17. The molecule has 37 heavy (non-hydrogen) atoms. The van der Waals surface area contributed by atoms with Crippen molar-refractivity contribution in [2.45, 2.75) is 50.1 Å². The average Bonchev–Trinajstić information content (AvgIpc) is 3.53. The Kier molecular flexibility index (Phi) is 6.47. The summed E-state index contributed by atoms with van der Waals surface area (Å²) < 4.78 is 80.8. The number of halogens is 4. The number of ether oxygens (including phenoxy) is 1. The number of anilines is 1. The first-order valence-corrected chi connectivity index (χ1v) is 13.0. The van der Waals surface area contributed by atoms with Crippen molar-refractivity contribution in [1.82, 2.24) is 15.2 Å². The monoisotopic (exact) mass is 537 g/mol. The van der Waals surface area contributed by atoms with E-state index < -0.39 is 50.5 Å². The molecular weight excluding hydrogens is 514 g/mol. The third-order valence-electron chi connectivity index (χ3n) is 6.19. The van der Waals surface area contributed by atoms with Gasteiger partial charge in [0.1, 0.15) is 5.56 Å². The van der Waals surface area contributed by atoms with Crippen LogP contribution in [0.5, 0.6) is 11.8 Å². The van der Waals surface area contributed by atoms with Crippen LogP contribution in [-0.4, -0.2) is 31.6 Å². The number of amides is 1. The Morgan fingerprint density at radius 1 is 1.16 bits per heavy atom. The lowest BCUT2D eigenvalue weighted by atomic mass is 9.99. The van der Waals surface area contributed by atoms with Gasteiger partial charge in [0.15, 0.2) is 5.69 Å². The van der Waals surface area contributed by atoms with Gasteiger partial charge in [0, 0.05) is 28.0 Å². The molecule has 13 heteroatoms. The third-order valence-corrected chi connectivity index (χ3v) is 7.34. The molecule has 2 heterocycles. The second kappa shape index (κ2) is 9.05. The highest BCUT2D eigenvalue weighted by molar-refractivity contribution is 7.91. The summed E-state index contributed by atoms with van der Waals surface area (Å²) in [5.41, 5.74) is -1.98. The van der Waals surface area contributed by atoms with Gasteiger partial charge >= 0.3 is 6.18 Å². The summed E-state index contributed by atoms with van der Waals surface area (Å²) in [6.45, 7) is 4.53. The number of hydrogen-bond acceptors (Lipinski definition) is 7. The first kappa shape index (κ1) is 26.5. The number of nitrogens with one attached hydrogen (secondary N) is 2. The Morgan fingerprint density at radius 3 is 2.43 bits per heavy atom. The Hall–Kier alpha value is -3.61. The number of benzene rings is 1. The Morgan fingerprint density at radius 2 is 1.84 bits per heavy atom. The van der Waals surface area contributed by atoms with Crippen LogP contribution in [0, 0.1) is 24.6 Å². The number of alkyl halides is 3. The van der Waals surface area contributed by atoms with E-state index in [0.717, 1.165) is 19.8 Å². The smallest absolute Gasteiger partial charge is 0.418 e. The van der Waals surface area contributed by atoms with Crippen LogP contribution in [0.2, 0.25) is 0 Å². The van der Waals surface area contributed by atoms with E-state index in [0.29, 0.717) is 11.1 Å². The summed E-state index contributed by atoms with van der Waals surface area (Å²) in [6, 6.07) is 7.12. The lowest BCUT2D eigenvalue weighted by Crippen LogP contribution is -2.21. The van der Waals surface area contributed by atoms with Crippen LogP contribution < -0.4 is 10.1 Å². The molecule has 0 saturated heterocycles. The van der Waals surface area contributed by atoms with Crippen molar-refractivity contribution in [2.75, 3.05) is 11.6 Å². The molecule has 0 aliphatic heterocycles. The molecule has 2 N–H and O–H groups in total. The number of nitrogens with zero attached hydrogens (tertiary/aromatic N) is 3. The maximum Gasteiger partial charge on any atom is 0.435 e. The summed E-state index contributed by atoms with van der Waals surface area (Å²) in [6.07, 6.45) is -2.12. The topological polar surface area (TPSA) is 118 Å². The van der Waals surface area contributed by atoms with Crippen molar-refractivity contribution in [2.24, 2.45) is 0 Å². The average molecular weight is 538 g/mol. The molecule has 1 fully saturated rings. The number of aryl methyl sites for hydroxylation is 1. The van der Waals surface area contributed by atoms with Gasteiger partial charge < -0.3 is 10.1 Å². The number of aromatic nitrogens is 3. The minimum Gasteiger partial charge on any atom is -0.418 e. The number of carbonyl (C=O) groups is 1. The van der Waals surface area contributed by atoms with Crippen molar-refractivity contribution in [3.63, 3.8) is 0 Å². The van der Waals surface area contributed by atoms with Crippen molar-refractivity contribution in [3.05, 3.63) is 64.2 Å². The molecule has 0 bridgehead atoms. The van der Waals surface area contributed by atoms with Crippen molar-refractivity contribution in [1.29, 1.82) is 4.78 Å². The highest BCUT2D eigenvalue weighted by atomic mass is 32.2. The number of carbonyl (C=O) groups excluding carboxylic acids is 1. The number of rotatable bonds is 6. The van der Waals surface area contributed by atoms with Crippen LogP contribution in [0.3, 0.4) is 0 Å². The predicted molar refractivity (Wildman–Crippen MR) is 127 cm³/mol. The van der Waals surface area contributed by atoms with Crippen LogP contribution in [0.15, 0.2) is 35.2 Å². The minimum absolute atomic E-state index is 0.0856. The second-order valence-corrected chi connectivity index (χ2v) is 11.4. The largest absolute Gasteiger partial charge is 0.435 e. The zero-order valence-electron chi connectivity index (χ0n) is 20.3. The quantitative estimate of drug-likeness (QED) is 0.304. The molecule has 196 valence electrons. The molecule has 1 aromatic carbocycles. The van der Waals surface area contributed by atoms with Gasteiger partial charge in [0.25, 0.3) is 11.8 Å². The van der Waals surface area contributed by atoms with Gasteiger partial charge in [0.05, 0.1) is 9.73 Å². The van der Waals surface area contributed by atoms with E-state index in [1.54, 1.807) is 13.0 Å². The van der Waals surface area contributed by atoms with Gasteiger partial charge in [-0.15, -0.1) is 10.2 Å². The third kappa shape index (κ3) is 5.41. The van der Waals surface area contributed by atoms with Crippen LogP contribution in [0.25, 0.3) is 0 Å². The number of pyridine rings is 1. The molecule has 1 unspecified atom stereocenters. The first-order chi connectivity index (χ1) is 17.1. The molecule has 1 aliphatic carbocycles. The maximum atomic E-state index is 14.8. The molecule has 1 atom stereocenters. The van der Waals surface area contributed by atoms with Crippen LogP contribution in [0.4, 0.5) is 23.2 Å². The second-order valence-electron chi connectivity index (χ2n) is 9.29. The molecule has 1 saturated carbocycles. The van der Waals surface area contributed by atoms with Gasteiger partial charge in [-0.1, -0.05) is 13.0 Å². The maximum absolute atomic E-state index is 14.8. The SMILES string of the molecule is Cc1cc(C2(C)CC2)c(F)nc1Oc1nnc(C(F)(F)F)c(C)c1C(=O)Nc1cccc(S(C)(=N)=O)c1. The fraction of sp³-hybridized carbons (Fsp3) is 0.333. The zero-order chi connectivity index (χ0) is 27.3. The van der Waals surface area contributed by atoms with E-state index in [2.05, 4.69) is 20.5 Å². The minimum atomic E-state index is -4.91. The molecule has 1 aliphatic rings. The summed E-state index contributed by atoms with van der Waals surface area (Å²) in [5.74, 6) is -2.68. The molecule has 2 aromatic heterocycles. The first-order valence-electron chi connectivity index (χ1n) is 11.1. The van der Waals surface area contributed by atoms with Crippen LogP contribution >= 0.6 is 0 Å². The molecular formula is C24H23F4N5O3S. The van der Waals surface area contributed by atoms with E-state index in [9.17, 15) is 26.6 Å². The normalized spacial score (nSPS) is 16.1. The lowest BCUT2D eigenvalue weighted by molar-refractivity contribution is -0.142. The van der Waals surface area contributed by atoms with E-state index in [1.807, 2.05) is 6.92 Å². The molecule has 3 aromatic rings. The molecule has 8 nitrogen and oxygen atoms in total. The Balaban J connectivity index is 1.76. The van der Waals surface area contributed by atoms with Crippen molar-refractivity contribution < 1.29 is 31.3 Å². The summed E-state index contributed by atoms with van der Waals surface area (Å²) >= 11 is 0. The highest BCUT2D eigenvalue weighted by Gasteiger charge is 2.42. The van der Waals surface area contributed by atoms with E-state index in [1.165, 1.54) is 30.5 Å².